The molecule has 0 rings (SSSR count). The number of esters is 1. The van der Waals surface area contributed by atoms with E-state index in [1.807, 2.05) is 0 Å². The van der Waals surface area contributed by atoms with E-state index in [0.717, 1.165) is 64.2 Å². The molecule has 0 bridgehead atoms. The number of carbonyl (C=O) groups excluding carboxylic acids is 1. The predicted octanol–water partition coefficient (Wildman–Crippen LogP) is 10.6. The van der Waals surface area contributed by atoms with Crippen LogP contribution in [0.4, 0.5) is 0 Å². The van der Waals surface area contributed by atoms with Crippen LogP contribution in [0.15, 0.2) is 85.1 Å². The Kier molecular flexibility index (Phi) is 35.2. The summed E-state index contributed by atoms with van der Waals surface area (Å²) >= 11 is 0. The van der Waals surface area contributed by atoms with E-state index >= 15 is 0 Å². The van der Waals surface area contributed by atoms with Gasteiger partial charge in [0.1, 0.15) is 6.10 Å². The van der Waals surface area contributed by atoms with Crippen LogP contribution in [0, 0.1) is 0 Å². The molecule has 0 amide bonds. The Bertz CT molecular complexity index is 1020. The van der Waals surface area contributed by atoms with Gasteiger partial charge >= 0.3 is 13.8 Å². The fourth-order valence-electron chi connectivity index (χ4n) is 4.39. The van der Waals surface area contributed by atoms with Gasteiger partial charge in [-0.25, -0.2) is 4.57 Å². The average Bonchev–Trinajstić information content (AvgIpc) is 3.09. The Labute approximate surface area is 298 Å². The molecule has 0 aromatic carbocycles. The number of allylic oxidation sites excluding steroid dienone is 14. The van der Waals surface area contributed by atoms with Crippen molar-refractivity contribution in [3.05, 3.63) is 85.1 Å². The number of unbranched alkanes of at least 4 members (excludes halogenated alkanes) is 7. The van der Waals surface area contributed by atoms with Crippen molar-refractivity contribution in [2.45, 2.75) is 129 Å². The van der Waals surface area contributed by atoms with Crippen molar-refractivity contribution in [2.24, 2.45) is 5.73 Å². The van der Waals surface area contributed by atoms with Gasteiger partial charge in [0.05, 0.1) is 19.8 Å². The number of phosphoric acid groups is 1. The largest absolute Gasteiger partial charge is 0.472 e. The summed E-state index contributed by atoms with van der Waals surface area (Å²) in [6.07, 6.45) is 46.2. The molecule has 0 radical (unpaired) electrons. The fraction of sp³-hybridized carbons (Fsp3) is 0.625. The molecule has 0 aromatic heterocycles. The SMILES string of the molecule is CC/C=C\C/C=C\C/C=C\C/C=C\C/C=C\C/C=C\C/C=C\CCCC(=O)OC(COCCCCCCCCC)COP(=O)(O)OCCN. The highest BCUT2D eigenvalue weighted by Gasteiger charge is 2.25. The van der Waals surface area contributed by atoms with Crippen molar-refractivity contribution in [3.8, 4) is 0 Å². The lowest BCUT2D eigenvalue weighted by atomic mass is 10.1. The zero-order chi connectivity index (χ0) is 35.9. The lowest BCUT2D eigenvalue weighted by Gasteiger charge is -2.20. The topological polar surface area (TPSA) is 117 Å². The van der Waals surface area contributed by atoms with E-state index in [1.54, 1.807) is 0 Å². The maximum absolute atomic E-state index is 12.5. The second-order valence-corrected chi connectivity index (χ2v) is 13.2. The van der Waals surface area contributed by atoms with Crippen LogP contribution in [-0.4, -0.2) is 49.9 Å². The number of hydrogen-bond acceptors (Lipinski definition) is 7. The summed E-state index contributed by atoms with van der Waals surface area (Å²) in [6, 6.07) is 0. The molecule has 2 atom stereocenters. The van der Waals surface area contributed by atoms with Crippen LogP contribution in [0.25, 0.3) is 0 Å². The minimum atomic E-state index is -4.28. The molecule has 280 valence electrons. The minimum Gasteiger partial charge on any atom is -0.457 e. The van der Waals surface area contributed by atoms with Gasteiger partial charge in [-0.3, -0.25) is 13.8 Å². The highest BCUT2D eigenvalue weighted by Crippen LogP contribution is 2.43. The van der Waals surface area contributed by atoms with E-state index in [-0.39, 0.29) is 32.8 Å². The lowest BCUT2D eigenvalue weighted by molar-refractivity contribution is -0.154. The highest BCUT2D eigenvalue weighted by atomic mass is 31.2. The van der Waals surface area contributed by atoms with Crippen LogP contribution < -0.4 is 5.73 Å². The normalized spacial score (nSPS) is 14.6. The van der Waals surface area contributed by atoms with Crippen LogP contribution in [0.3, 0.4) is 0 Å². The number of hydrogen-bond donors (Lipinski definition) is 2. The van der Waals surface area contributed by atoms with Crippen molar-refractivity contribution in [1.82, 2.24) is 0 Å². The highest BCUT2D eigenvalue weighted by molar-refractivity contribution is 7.47. The van der Waals surface area contributed by atoms with E-state index in [0.29, 0.717) is 13.0 Å². The van der Waals surface area contributed by atoms with E-state index in [1.165, 1.54) is 32.1 Å². The molecule has 0 spiro atoms. The predicted molar refractivity (Wildman–Crippen MR) is 205 cm³/mol. The van der Waals surface area contributed by atoms with Gasteiger partial charge in [0, 0.05) is 19.6 Å². The maximum atomic E-state index is 12.5. The number of carbonyl (C=O) groups is 1. The van der Waals surface area contributed by atoms with Crippen molar-refractivity contribution in [1.29, 1.82) is 0 Å². The molecule has 0 aliphatic heterocycles. The molecular weight excluding hydrogens is 637 g/mol. The molecule has 8 nitrogen and oxygen atoms in total. The lowest BCUT2D eigenvalue weighted by Crippen LogP contribution is -2.28. The second kappa shape index (κ2) is 36.9. The fourth-order valence-corrected chi connectivity index (χ4v) is 5.16. The first-order valence-corrected chi connectivity index (χ1v) is 20.1. The first-order chi connectivity index (χ1) is 23.9. The van der Waals surface area contributed by atoms with Gasteiger partial charge in [-0.1, -0.05) is 137 Å². The van der Waals surface area contributed by atoms with Gasteiger partial charge in [-0.15, -0.1) is 0 Å². The summed E-state index contributed by atoms with van der Waals surface area (Å²) < 4.78 is 33.0. The van der Waals surface area contributed by atoms with E-state index in [2.05, 4.69) is 98.9 Å². The van der Waals surface area contributed by atoms with Crippen LogP contribution in [0.2, 0.25) is 0 Å². The van der Waals surface area contributed by atoms with Crippen LogP contribution in [-0.2, 0) is 27.9 Å². The van der Waals surface area contributed by atoms with Crippen molar-refractivity contribution < 1.29 is 32.8 Å². The van der Waals surface area contributed by atoms with E-state index < -0.39 is 19.9 Å². The number of ether oxygens (including phenoxy) is 2. The minimum absolute atomic E-state index is 0.0870. The third-order valence-corrected chi connectivity index (χ3v) is 8.06. The van der Waals surface area contributed by atoms with Crippen LogP contribution in [0.1, 0.15) is 123 Å². The van der Waals surface area contributed by atoms with Gasteiger partial charge in [0.15, 0.2) is 0 Å². The van der Waals surface area contributed by atoms with E-state index in [4.69, 9.17) is 24.3 Å². The Morgan fingerprint density at radius 2 is 1.12 bits per heavy atom. The molecule has 9 heteroatoms. The van der Waals surface area contributed by atoms with Gasteiger partial charge in [0.25, 0.3) is 0 Å². The molecule has 0 aromatic rings. The molecule has 2 unspecified atom stereocenters. The first kappa shape index (κ1) is 46.7. The number of rotatable bonds is 34. The number of nitrogens with two attached hydrogens (primary N) is 1. The van der Waals surface area contributed by atoms with Gasteiger partial charge < -0.3 is 20.1 Å². The summed E-state index contributed by atoms with van der Waals surface area (Å²) in [6.45, 7) is 4.65. The first-order valence-electron chi connectivity index (χ1n) is 18.6. The smallest absolute Gasteiger partial charge is 0.457 e. The molecule has 0 saturated heterocycles. The Morgan fingerprint density at radius 3 is 1.63 bits per heavy atom. The van der Waals surface area contributed by atoms with Crippen molar-refractivity contribution >= 4 is 13.8 Å². The molecule has 0 aliphatic rings. The van der Waals surface area contributed by atoms with Crippen LogP contribution >= 0.6 is 7.82 Å². The quantitative estimate of drug-likeness (QED) is 0.0294. The van der Waals surface area contributed by atoms with Crippen LogP contribution in [0.5, 0.6) is 0 Å². The Morgan fingerprint density at radius 1 is 0.633 bits per heavy atom. The standard InChI is InChI=1S/C40H68NO7P/c1-3-5-7-9-11-12-13-14-15-16-17-18-19-20-21-22-23-24-25-26-27-29-31-33-40(42)48-39(38-47-49(43,44)46-36-34-41)37-45-35-32-30-28-10-8-6-4-2/h5,7,11-12,14-15,17-18,20-21,23-24,26-27,39H,3-4,6,8-10,13,16,19,22,25,28-38,41H2,1-2H3,(H,43,44)/b7-5-,12-11-,15-14-,18-17-,21-20-,24-23-,27-26-. The molecule has 49 heavy (non-hydrogen) atoms. The Hall–Kier alpha value is -2.32. The monoisotopic (exact) mass is 705 g/mol. The Balaban J connectivity index is 4.17. The summed E-state index contributed by atoms with van der Waals surface area (Å²) in [5, 5.41) is 0. The zero-order valence-corrected chi connectivity index (χ0v) is 31.5. The summed E-state index contributed by atoms with van der Waals surface area (Å²) in [5.41, 5.74) is 5.33. The molecule has 0 saturated carbocycles. The molecule has 0 aliphatic carbocycles. The summed E-state index contributed by atoms with van der Waals surface area (Å²) in [7, 11) is -4.28. The second-order valence-electron chi connectivity index (χ2n) is 11.7. The van der Waals surface area contributed by atoms with Crippen molar-refractivity contribution in [3.63, 3.8) is 0 Å². The van der Waals surface area contributed by atoms with E-state index in [9.17, 15) is 14.3 Å². The van der Waals surface area contributed by atoms with Gasteiger partial charge in [-0.05, 0) is 64.2 Å². The third kappa shape index (κ3) is 36.8. The molecule has 3 N–H and O–H groups in total. The average molecular weight is 706 g/mol. The number of phosphoric ester groups is 1. The maximum Gasteiger partial charge on any atom is 0.472 e. The van der Waals surface area contributed by atoms with Gasteiger partial charge in [0.2, 0.25) is 0 Å². The van der Waals surface area contributed by atoms with Gasteiger partial charge in [-0.2, -0.15) is 0 Å². The summed E-state index contributed by atoms with van der Waals surface area (Å²) in [5.74, 6) is -0.394. The molecular formula is C40H68NO7P. The molecule has 0 fully saturated rings. The zero-order valence-electron chi connectivity index (χ0n) is 30.6. The third-order valence-electron chi connectivity index (χ3n) is 7.08. The molecule has 0 heterocycles. The van der Waals surface area contributed by atoms with Crippen molar-refractivity contribution in [2.75, 3.05) is 33.0 Å². The summed E-state index contributed by atoms with van der Waals surface area (Å²) in [4.78, 5) is 22.3.